The van der Waals surface area contributed by atoms with E-state index in [-0.39, 0.29) is 5.91 Å². The molecular weight excluding hydrogens is 354 g/mol. The van der Waals surface area contributed by atoms with Crippen LogP contribution < -0.4 is 5.32 Å². The van der Waals surface area contributed by atoms with Crippen molar-refractivity contribution in [1.29, 1.82) is 0 Å². The van der Waals surface area contributed by atoms with E-state index in [1.54, 1.807) is 0 Å². The van der Waals surface area contributed by atoms with Gasteiger partial charge in [0.1, 0.15) is 0 Å². The van der Waals surface area contributed by atoms with Crippen molar-refractivity contribution in [2.24, 2.45) is 0 Å². The summed E-state index contributed by atoms with van der Waals surface area (Å²) in [6.07, 6.45) is 24.0. The molecule has 0 fully saturated rings. The van der Waals surface area contributed by atoms with Crippen LogP contribution in [0.5, 0.6) is 0 Å². The normalized spacial score (nSPS) is 10.9. The van der Waals surface area contributed by atoms with Crippen LogP contribution in [-0.4, -0.2) is 5.91 Å². The van der Waals surface area contributed by atoms with Gasteiger partial charge < -0.3 is 5.32 Å². The molecule has 0 saturated heterocycles. The number of carbonyl (C=O) groups excluding carboxylic acids is 1. The van der Waals surface area contributed by atoms with Gasteiger partial charge in [-0.1, -0.05) is 140 Å². The highest BCUT2D eigenvalue weighted by molar-refractivity contribution is 5.75. The molecule has 29 heavy (non-hydrogen) atoms. The third-order valence-electron chi connectivity index (χ3n) is 5.84. The van der Waals surface area contributed by atoms with Gasteiger partial charge in [0.15, 0.2) is 0 Å². The summed E-state index contributed by atoms with van der Waals surface area (Å²) in [4.78, 5) is 11.9. The molecular formula is C27H47NO. The second-order valence-corrected chi connectivity index (χ2v) is 8.67. The zero-order valence-corrected chi connectivity index (χ0v) is 19.2. The number of hydrogen-bond acceptors (Lipinski definition) is 1. The summed E-state index contributed by atoms with van der Waals surface area (Å²) >= 11 is 0. The van der Waals surface area contributed by atoms with Gasteiger partial charge >= 0.3 is 0 Å². The Hall–Kier alpha value is -1.31. The molecule has 0 atom stereocenters. The van der Waals surface area contributed by atoms with E-state index in [1.807, 2.05) is 18.2 Å². The highest BCUT2D eigenvalue weighted by Crippen LogP contribution is 2.14. The first-order chi connectivity index (χ1) is 14.3. The van der Waals surface area contributed by atoms with Crippen LogP contribution in [0.15, 0.2) is 30.3 Å². The van der Waals surface area contributed by atoms with E-state index in [1.165, 1.54) is 108 Å². The molecule has 0 aromatic heterocycles. The first-order valence-corrected chi connectivity index (χ1v) is 12.6. The second-order valence-electron chi connectivity index (χ2n) is 8.67. The molecule has 0 saturated carbocycles. The van der Waals surface area contributed by atoms with E-state index in [4.69, 9.17) is 0 Å². The number of unbranched alkanes of at least 4 members (excludes halogenated alkanes) is 16. The Morgan fingerprint density at radius 2 is 1.03 bits per heavy atom. The predicted octanol–water partition coefficient (Wildman–Crippen LogP) is 8.34. The van der Waals surface area contributed by atoms with E-state index in [0.29, 0.717) is 13.0 Å². The smallest absolute Gasteiger partial charge is 0.220 e. The number of rotatable bonds is 20. The topological polar surface area (TPSA) is 29.1 Å². The third kappa shape index (κ3) is 17.3. The summed E-state index contributed by atoms with van der Waals surface area (Å²) in [5.41, 5.74) is 1.17. The van der Waals surface area contributed by atoms with Gasteiger partial charge in [0.05, 0.1) is 0 Å². The van der Waals surface area contributed by atoms with Gasteiger partial charge in [-0.3, -0.25) is 4.79 Å². The summed E-state index contributed by atoms with van der Waals surface area (Å²) in [5, 5.41) is 3.01. The lowest BCUT2D eigenvalue weighted by molar-refractivity contribution is -0.121. The number of nitrogens with one attached hydrogen (secondary N) is 1. The molecule has 0 heterocycles. The Bertz CT molecular complexity index is 471. The zero-order valence-electron chi connectivity index (χ0n) is 19.2. The molecule has 166 valence electrons. The second kappa shape index (κ2) is 20.0. The van der Waals surface area contributed by atoms with Crippen molar-refractivity contribution in [2.75, 3.05) is 0 Å². The molecule has 0 bridgehead atoms. The van der Waals surface area contributed by atoms with Gasteiger partial charge in [-0.15, -0.1) is 0 Å². The van der Waals surface area contributed by atoms with E-state index in [9.17, 15) is 4.79 Å². The largest absolute Gasteiger partial charge is 0.352 e. The van der Waals surface area contributed by atoms with E-state index in [2.05, 4.69) is 24.4 Å². The fourth-order valence-electron chi connectivity index (χ4n) is 3.90. The Morgan fingerprint density at radius 3 is 1.48 bits per heavy atom. The van der Waals surface area contributed by atoms with Crippen LogP contribution in [0, 0.1) is 0 Å². The molecule has 1 N–H and O–H groups in total. The van der Waals surface area contributed by atoms with Crippen molar-refractivity contribution in [1.82, 2.24) is 5.32 Å². The van der Waals surface area contributed by atoms with Crippen LogP contribution in [0.1, 0.15) is 128 Å². The maximum Gasteiger partial charge on any atom is 0.220 e. The Kier molecular flexibility index (Phi) is 17.7. The predicted molar refractivity (Wildman–Crippen MR) is 127 cm³/mol. The van der Waals surface area contributed by atoms with Gasteiger partial charge in [-0.05, 0) is 12.0 Å². The zero-order chi connectivity index (χ0) is 20.8. The van der Waals surface area contributed by atoms with Gasteiger partial charge in [0.25, 0.3) is 0 Å². The highest BCUT2D eigenvalue weighted by Gasteiger charge is 2.01. The van der Waals surface area contributed by atoms with Crippen LogP contribution in [0.4, 0.5) is 0 Å². The quantitative estimate of drug-likeness (QED) is 0.218. The average molecular weight is 402 g/mol. The molecule has 2 nitrogen and oxygen atoms in total. The molecule has 1 aromatic carbocycles. The molecule has 0 unspecified atom stereocenters. The first-order valence-electron chi connectivity index (χ1n) is 12.6. The number of benzene rings is 1. The molecule has 1 rings (SSSR count). The maximum absolute atomic E-state index is 11.9. The molecule has 1 amide bonds. The first kappa shape index (κ1) is 25.7. The van der Waals surface area contributed by atoms with E-state index < -0.39 is 0 Å². The lowest BCUT2D eigenvalue weighted by Crippen LogP contribution is -2.22. The number of hydrogen-bond donors (Lipinski definition) is 1. The fourth-order valence-corrected chi connectivity index (χ4v) is 3.90. The summed E-state index contributed by atoms with van der Waals surface area (Å²) in [6.45, 7) is 2.94. The molecule has 1 aromatic rings. The highest BCUT2D eigenvalue weighted by atomic mass is 16.1. The number of amides is 1. The molecule has 0 aliphatic carbocycles. The van der Waals surface area contributed by atoms with Crippen molar-refractivity contribution in [3.8, 4) is 0 Å². The van der Waals surface area contributed by atoms with Crippen LogP contribution in [-0.2, 0) is 11.3 Å². The van der Waals surface area contributed by atoms with Crippen molar-refractivity contribution < 1.29 is 4.79 Å². The fraction of sp³-hybridized carbons (Fsp3) is 0.741. The van der Waals surface area contributed by atoms with Crippen LogP contribution in [0.25, 0.3) is 0 Å². The lowest BCUT2D eigenvalue weighted by Gasteiger charge is -2.06. The SMILES string of the molecule is CCCCCCCCCCCCCCCCCCCC(=O)NCc1ccccc1. The summed E-state index contributed by atoms with van der Waals surface area (Å²) in [6, 6.07) is 10.1. The molecule has 0 spiro atoms. The van der Waals surface area contributed by atoms with Crippen molar-refractivity contribution in [2.45, 2.75) is 129 Å². The summed E-state index contributed by atoms with van der Waals surface area (Å²) in [5.74, 6) is 0.190. The van der Waals surface area contributed by atoms with Gasteiger partial charge in [-0.25, -0.2) is 0 Å². The minimum absolute atomic E-state index is 0.190. The van der Waals surface area contributed by atoms with Crippen LogP contribution in [0.3, 0.4) is 0 Å². The summed E-state index contributed by atoms with van der Waals surface area (Å²) < 4.78 is 0. The minimum Gasteiger partial charge on any atom is -0.352 e. The van der Waals surface area contributed by atoms with Gasteiger partial charge in [0, 0.05) is 13.0 Å². The summed E-state index contributed by atoms with van der Waals surface area (Å²) in [7, 11) is 0. The minimum atomic E-state index is 0.190. The Morgan fingerprint density at radius 1 is 0.621 bits per heavy atom. The van der Waals surface area contributed by atoms with Gasteiger partial charge in [-0.2, -0.15) is 0 Å². The van der Waals surface area contributed by atoms with Crippen molar-refractivity contribution in [3.63, 3.8) is 0 Å². The Labute approximate surface area is 181 Å². The standard InChI is InChI=1S/C27H47NO/c1-2-3-4-5-6-7-8-9-10-11-12-13-14-15-16-17-21-24-27(29)28-25-26-22-19-18-20-23-26/h18-20,22-23H,2-17,21,24-25H2,1H3,(H,28,29). The van der Waals surface area contributed by atoms with Crippen LogP contribution in [0.2, 0.25) is 0 Å². The average Bonchev–Trinajstić information content (AvgIpc) is 2.75. The van der Waals surface area contributed by atoms with E-state index >= 15 is 0 Å². The lowest BCUT2D eigenvalue weighted by atomic mass is 10.0. The Balaban J connectivity index is 1.74. The number of carbonyl (C=O) groups is 1. The van der Waals surface area contributed by atoms with Crippen molar-refractivity contribution in [3.05, 3.63) is 35.9 Å². The molecule has 2 heteroatoms. The molecule has 0 radical (unpaired) electrons. The molecule has 0 aliphatic rings. The van der Waals surface area contributed by atoms with E-state index in [0.717, 1.165) is 6.42 Å². The maximum atomic E-state index is 11.9. The monoisotopic (exact) mass is 401 g/mol. The third-order valence-corrected chi connectivity index (χ3v) is 5.84. The van der Waals surface area contributed by atoms with Gasteiger partial charge in [0.2, 0.25) is 5.91 Å². The van der Waals surface area contributed by atoms with Crippen molar-refractivity contribution >= 4 is 5.91 Å². The van der Waals surface area contributed by atoms with Crippen LogP contribution >= 0.6 is 0 Å². The molecule has 0 aliphatic heterocycles.